The highest BCUT2D eigenvalue weighted by atomic mass is 16.6. The smallest absolute Gasteiger partial charge is 0.366 e. The van der Waals surface area contributed by atoms with Gasteiger partial charge in [0.2, 0.25) is 6.10 Å². The zero-order valence-corrected chi connectivity index (χ0v) is 16.9. The van der Waals surface area contributed by atoms with E-state index in [0.717, 1.165) is 11.1 Å². The molecule has 1 amide bonds. The topological polar surface area (TPSA) is 103 Å². The second-order valence-corrected chi connectivity index (χ2v) is 7.30. The van der Waals surface area contributed by atoms with E-state index in [4.69, 9.17) is 4.74 Å². The first-order chi connectivity index (χ1) is 14.8. The fourth-order valence-corrected chi connectivity index (χ4v) is 3.38. The Bertz CT molecular complexity index is 1190. The SMILES string of the molecule is Cc1ccc(C(=O)CN2C(=O)C(c3ccccc3)Oc3ccc([N+](=O)[O-])nc32)cc1C. The Labute approximate surface area is 178 Å². The molecule has 0 N–H and O–H groups in total. The number of aromatic nitrogens is 1. The number of carbonyl (C=O) groups excluding carboxylic acids is 2. The van der Waals surface area contributed by atoms with Crippen LogP contribution in [0.25, 0.3) is 0 Å². The van der Waals surface area contributed by atoms with Gasteiger partial charge in [0.1, 0.15) is 0 Å². The van der Waals surface area contributed by atoms with Crippen molar-refractivity contribution in [3.8, 4) is 5.75 Å². The van der Waals surface area contributed by atoms with Crippen LogP contribution in [-0.4, -0.2) is 28.1 Å². The lowest BCUT2D eigenvalue weighted by Crippen LogP contribution is -2.44. The van der Waals surface area contributed by atoms with E-state index in [9.17, 15) is 19.7 Å². The van der Waals surface area contributed by atoms with Crippen LogP contribution in [-0.2, 0) is 4.79 Å². The number of nitro groups is 1. The van der Waals surface area contributed by atoms with Crippen molar-refractivity contribution in [3.05, 3.63) is 93.0 Å². The minimum atomic E-state index is -0.982. The van der Waals surface area contributed by atoms with E-state index in [1.54, 1.807) is 36.4 Å². The Morgan fingerprint density at radius 2 is 1.84 bits per heavy atom. The monoisotopic (exact) mass is 417 g/mol. The molecule has 0 saturated heterocycles. The van der Waals surface area contributed by atoms with Crippen LogP contribution in [0.2, 0.25) is 0 Å². The highest BCUT2D eigenvalue weighted by Gasteiger charge is 2.40. The van der Waals surface area contributed by atoms with Gasteiger partial charge < -0.3 is 14.9 Å². The molecule has 0 spiro atoms. The van der Waals surface area contributed by atoms with Crippen LogP contribution in [0.4, 0.5) is 11.6 Å². The van der Waals surface area contributed by atoms with Gasteiger partial charge in [-0.2, -0.15) is 0 Å². The number of benzene rings is 2. The lowest BCUT2D eigenvalue weighted by molar-refractivity contribution is -0.389. The Hall–Kier alpha value is -4.07. The number of Topliss-reactive ketones (excluding diaryl/α,β-unsaturated/α-hetero) is 1. The quantitative estimate of drug-likeness (QED) is 0.354. The zero-order valence-electron chi connectivity index (χ0n) is 16.9. The van der Waals surface area contributed by atoms with Gasteiger partial charge >= 0.3 is 5.82 Å². The zero-order chi connectivity index (χ0) is 22.1. The van der Waals surface area contributed by atoms with Gasteiger partial charge in [0.25, 0.3) is 11.7 Å². The number of pyridine rings is 1. The largest absolute Gasteiger partial charge is 0.469 e. The standard InChI is InChI=1S/C23H19N3O5/c1-14-8-9-17(12-15(14)2)18(27)13-25-22-19(10-11-20(24-22)26(29)30)31-21(23(25)28)16-6-4-3-5-7-16/h3-12,21H,13H2,1-2H3. The summed E-state index contributed by atoms with van der Waals surface area (Å²) in [5.74, 6) is -1.08. The average molecular weight is 417 g/mol. The number of carbonyl (C=O) groups is 2. The van der Waals surface area contributed by atoms with E-state index in [1.807, 2.05) is 26.0 Å². The highest BCUT2D eigenvalue weighted by molar-refractivity contribution is 6.08. The molecule has 8 heteroatoms. The van der Waals surface area contributed by atoms with Crippen molar-refractivity contribution in [2.75, 3.05) is 11.4 Å². The van der Waals surface area contributed by atoms with Crippen LogP contribution in [0.15, 0.2) is 60.7 Å². The van der Waals surface area contributed by atoms with Crippen LogP contribution in [0.1, 0.15) is 33.2 Å². The molecule has 4 rings (SSSR count). The first-order valence-electron chi connectivity index (χ1n) is 9.64. The first-order valence-corrected chi connectivity index (χ1v) is 9.64. The molecule has 1 aromatic heterocycles. The molecule has 31 heavy (non-hydrogen) atoms. The van der Waals surface area contributed by atoms with Gasteiger partial charge in [0.05, 0.1) is 6.54 Å². The molecule has 2 aromatic carbocycles. The lowest BCUT2D eigenvalue weighted by Gasteiger charge is -2.31. The number of hydrogen-bond donors (Lipinski definition) is 0. The van der Waals surface area contributed by atoms with Crippen molar-refractivity contribution >= 4 is 23.3 Å². The minimum Gasteiger partial charge on any atom is -0.469 e. The van der Waals surface area contributed by atoms with Gasteiger partial charge in [-0.3, -0.25) is 14.5 Å². The van der Waals surface area contributed by atoms with Crippen LogP contribution in [0.3, 0.4) is 0 Å². The third-order valence-electron chi connectivity index (χ3n) is 5.24. The number of rotatable bonds is 5. The molecule has 3 aromatic rings. The maximum absolute atomic E-state index is 13.3. The summed E-state index contributed by atoms with van der Waals surface area (Å²) in [6.07, 6.45) is -0.982. The third-order valence-corrected chi connectivity index (χ3v) is 5.24. The molecule has 0 aliphatic carbocycles. The maximum Gasteiger partial charge on any atom is 0.366 e. The normalized spacial score (nSPS) is 15.2. The number of amides is 1. The summed E-state index contributed by atoms with van der Waals surface area (Å²) in [7, 11) is 0. The molecule has 1 aliphatic heterocycles. The summed E-state index contributed by atoms with van der Waals surface area (Å²) in [6, 6.07) is 16.8. The van der Waals surface area contributed by atoms with E-state index >= 15 is 0 Å². The van der Waals surface area contributed by atoms with Crippen LogP contribution >= 0.6 is 0 Å². The van der Waals surface area contributed by atoms with Crippen LogP contribution in [0, 0.1) is 24.0 Å². The average Bonchev–Trinajstić information content (AvgIpc) is 2.77. The van der Waals surface area contributed by atoms with Crippen LogP contribution < -0.4 is 9.64 Å². The van der Waals surface area contributed by atoms with Crippen molar-refractivity contribution in [2.45, 2.75) is 20.0 Å². The summed E-state index contributed by atoms with van der Waals surface area (Å²) in [5.41, 5.74) is 3.06. The summed E-state index contributed by atoms with van der Waals surface area (Å²) in [4.78, 5) is 42.0. The third kappa shape index (κ3) is 3.87. The highest BCUT2D eigenvalue weighted by Crippen LogP contribution is 2.38. The lowest BCUT2D eigenvalue weighted by atomic mass is 10.0. The fourth-order valence-electron chi connectivity index (χ4n) is 3.38. The van der Waals surface area contributed by atoms with E-state index in [-0.39, 0.29) is 23.9 Å². The summed E-state index contributed by atoms with van der Waals surface area (Å²) < 4.78 is 5.83. The molecule has 156 valence electrons. The number of aryl methyl sites for hydroxylation is 2. The summed E-state index contributed by atoms with van der Waals surface area (Å²) in [5, 5.41) is 11.2. The van der Waals surface area contributed by atoms with E-state index in [0.29, 0.717) is 11.1 Å². The van der Waals surface area contributed by atoms with Gasteiger partial charge in [0, 0.05) is 17.2 Å². The predicted octanol–water partition coefficient (Wildman–Crippen LogP) is 3.96. The molecule has 0 bridgehead atoms. The second kappa shape index (κ2) is 7.98. The van der Waals surface area contributed by atoms with E-state index in [1.165, 1.54) is 17.0 Å². The van der Waals surface area contributed by atoms with Gasteiger partial charge in [0.15, 0.2) is 11.5 Å². The molecule has 0 fully saturated rings. The van der Waals surface area contributed by atoms with Gasteiger partial charge in [-0.15, -0.1) is 0 Å². The molecular weight excluding hydrogens is 398 g/mol. The first kappa shape index (κ1) is 20.2. The van der Waals surface area contributed by atoms with Crippen molar-refractivity contribution < 1.29 is 19.2 Å². The number of nitrogens with zero attached hydrogens (tertiary/aromatic N) is 3. The minimum absolute atomic E-state index is 0.0384. The van der Waals surface area contributed by atoms with Gasteiger partial charge in [-0.05, 0) is 47.0 Å². The predicted molar refractivity (Wildman–Crippen MR) is 113 cm³/mol. The molecule has 1 aliphatic rings. The number of ether oxygens (including phenoxy) is 1. The van der Waals surface area contributed by atoms with Crippen molar-refractivity contribution in [1.29, 1.82) is 0 Å². The van der Waals surface area contributed by atoms with Crippen molar-refractivity contribution in [1.82, 2.24) is 4.98 Å². The van der Waals surface area contributed by atoms with Gasteiger partial charge in [-0.1, -0.05) is 42.5 Å². The summed E-state index contributed by atoms with van der Waals surface area (Å²) in [6.45, 7) is 3.53. The molecule has 1 atom stereocenters. The second-order valence-electron chi connectivity index (χ2n) is 7.30. The summed E-state index contributed by atoms with van der Waals surface area (Å²) >= 11 is 0. The molecule has 0 saturated carbocycles. The fraction of sp³-hybridized carbons (Fsp3) is 0.174. The van der Waals surface area contributed by atoms with Crippen molar-refractivity contribution in [3.63, 3.8) is 0 Å². The van der Waals surface area contributed by atoms with E-state index < -0.39 is 22.8 Å². The number of fused-ring (bicyclic) bond motifs is 1. The van der Waals surface area contributed by atoms with Crippen LogP contribution in [0.5, 0.6) is 5.75 Å². The molecule has 1 unspecified atom stereocenters. The Kier molecular flexibility index (Phi) is 5.21. The Morgan fingerprint density at radius 1 is 1.10 bits per heavy atom. The maximum atomic E-state index is 13.3. The number of hydrogen-bond acceptors (Lipinski definition) is 6. The molecule has 0 radical (unpaired) electrons. The van der Waals surface area contributed by atoms with E-state index in [2.05, 4.69) is 4.98 Å². The van der Waals surface area contributed by atoms with Crippen molar-refractivity contribution in [2.24, 2.45) is 0 Å². The molecular formula is C23H19N3O5. The Balaban J connectivity index is 1.75. The molecule has 8 nitrogen and oxygen atoms in total. The molecule has 2 heterocycles. The number of anilines is 1. The Morgan fingerprint density at radius 3 is 2.52 bits per heavy atom. The number of ketones is 1. The van der Waals surface area contributed by atoms with Gasteiger partial charge in [-0.25, -0.2) is 0 Å².